The molecule has 7 heteroatoms. The summed E-state index contributed by atoms with van der Waals surface area (Å²) in [7, 11) is 0. The lowest BCUT2D eigenvalue weighted by Crippen LogP contribution is -2.41. The number of amides is 2. The van der Waals surface area contributed by atoms with Crippen molar-refractivity contribution in [3.63, 3.8) is 0 Å². The number of nitrogens with one attached hydrogen (secondary N) is 2. The van der Waals surface area contributed by atoms with E-state index in [4.69, 9.17) is 11.6 Å². The van der Waals surface area contributed by atoms with E-state index in [1.165, 1.54) is 10.5 Å². The van der Waals surface area contributed by atoms with E-state index < -0.39 is 11.8 Å². The number of benzene rings is 2. The fourth-order valence-corrected chi connectivity index (χ4v) is 4.27. The first-order valence-electron chi connectivity index (χ1n) is 9.74. The van der Waals surface area contributed by atoms with Gasteiger partial charge in [0.2, 0.25) is 0 Å². The van der Waals surface area contributed by atoms with Gasteiger partial charge in [0.15, 0.2) is 0 Å². The molecule has 2 N–H and O–H groups in total. The van der Waals surface area contributed by atoms with Crippen LogP contribution < -0.4 is 10.6 Å². The molecule has 2 aromatic rings. The van der Waals surface area contributed by atoms with Gasteiger partial charge in [0.05, 0.1) is 10.7 Å². The standard InChI is InChI=1S/C22H26ClN3O2S/c1-29-20-9-5-2-6-17(20)15-26-12-10-16(11-13-26)14-24-21(27)22(28)25-19-8-4-3-7-18(19)23/h2-9,16H,10-15H2,1H3,(H,24,27)(H,25,28). The van der Waals surface area contributed by atoms with Gasteiger partial charge in [0, 0.05) is 18.0 Å². The van der Waals surface area contributed by atoms with Gasteiger partial charge in [-0.2, -0.15) is 0 Å². The average Bonchev–Trinajstić information content (AvgIpc) is 2.75. The minimum Gasteiger partial charge on any atom is -0.348 e. The monoisotopic (exact) mass is 431 g/mol. The van der Waals surface area contributed by atoms with E-state index in [-0.39, 0.29) is 0 Å². The predicted molar refractivity (Wildman–Crippen MR) is 119 cm³/mol. The van der Waals surface area contributed by atoms with E-state index in [9.17, 15) is 9.59 Å². The minimum atomic E-state index is -0.691. The van der Waals surface area contributed by atoms with Gasteiger partial charge in [-0.1, -0.05) is 41.9 Å². The maximum atomic E-state index is 12.1. The Morgan fingerprint density at radius 2 is 1.76 bits per heavy atom. The Kier molecular flexibility index (Phi) is 7.98. The van der Waals surface area contributed by atoms with Crippen LogP contribution >= 0.6 is 23.4 Å². The van der Waals surface area contributed by atoms with E-state index in [0.29, 0.717) is 23.2 Å². The molecule has 1 fully saturated rings. The third-order valence-corrected chi connectivity index (χ3v) is 6.34. The maximum Gasteiger partial charge on any atom is 0.313 e. The molecule has 5 nitrogen and oxygen atoms in total. The summed E-state index contributed by atoms with van der Waals surface area (Å²) in [4.78, 5) is 27.9. The number of hydrogen-bond donors (Lipinski definition) is 2. The fourth-order valence-electron chi connectivity index (χ4n) is 3.48. The summed E-state index contributed by atoms with van der Waals surface area (Å²) in [5.41, 5.74) is 1.80. The van der Waals surface area contributed by atoms with Crippen molar-refractivity contribution in [1.29, 1.82) is 0 Å². The highest BCUT2D eigenvalue weighted by atomic mass is 35.5. The van der Waals surface area contributed by atoms with Crippen LogP contribution in [0.5, 0.6) is 0 Å². The van der Waals surface area contributed by atoms with E-state index in [0.717, 1.165) is 32.5 Å². The van der Waals surface area contributed by atoms with Crippen molar-refractivity contribution in [3.8, 4) is 0 Å². The molecule has 0 spiro atoms. The first kappa shape index (κ1) is 21.7. The minimum absolute atomic E-state index is 0.388. The number of likely N-dealkylation sites (tertiary alicyclic amines) is 1. The molecule has 1 aliphatic rings. The van der Waals surface area contributed by atoms with Crippen LogP contribution in [-0.2, 0) is 16.1 Å². The number of piperidine rings is 1. The van der Waals surface area contributed by atoms with Gasteiger partial charge in [-0.25, -0.2) is 0 Å². The van der Waals surface area contributed by atoms with Crippen LogP contribution in [0.1, 0.15) is 18.4 Å². The molecule has 0 unspecified atom stereocenters. The van der Waals surface area contributed by atoms with Gasteiger partial charge in [-0.15, -0.1) is 11.8 Å². The molecule has 2 aromatic carbocycles. The van der Waals surface area contributed by atoms with Gasteiger partial charge in [0.1, 0.15) is 0 Å². The maximum absolute atomic E-state index is 12.1. The Labute approximate surface area is 181 Å². The highest BCUT2D eigenvalue weighted by Crippen LogP contribution is 2.24. The summed E-state index contributed by atoms with van der Waals surface area (Å²) in [6.45, 7) is 3.46. The fraction of sp³-hybridized carbons (Fsp3) is 0.364. The summed E-state index contributed by atoms with van der Waals surface area (Å²) in [5, 5.41) is 5.71. The van der Waals surface area contributed by atoms with Crippen molar-refractivity contribution < 1.29 is 9.59 Å². The Hall–Kier alpha value is -2.02. The molecule has 1 heterocycles. The van der Waals surface area contributed by atoms with Crippen LogP contribution in [0.15, 0.2) is 53.4 Å². The van der Waals surface area contributed by atoms with Gasteiger partial charge in [0.25, 0.3) is 0 Å². The van der Waals surface area contributed by atoms with Crippen LogP contribution in [0.25, 0.3) is 0 Å². The van der Waals surface area contributed by atoms with Crippen LogP contribution in [0.2, 0.25) is 5.02 Å². The Bertz CT molecular complexity index is 853. The second kappa shape index (κ2) is 10.7. The summed E-state index contributed by atoms with van der Waals surface area (Å²) in [6, 6.07) is 15.4. The SMILES string of the molecule is CSc1ccccc1CN1CCC(CNC(=O)C(=O)Nc2ccccc2Cl)CC1. The Morgan fingerprint density at radius 3 is 2.48 bits per heavy atom. The van der Waals surface area contributed by atoms with E-state index in [2.05, 4.69) is 46.1 Å². The van der Waals surface area contributed by atoms with Crippen LogP contribution in [0.3, 0.4) is 0 Å². The smallest absolute Gasteiger partial charge is 0.313 e. The van der Waals surface area contributed by atoms with Crippen molar-refractivity contribution in [1.82, 2.24) is 10.2 Å². The Balaban J connectivity index is 1.41. The zero-order chi connectivity index (χ0) is 20.6. The number of nitrogens with zero attached hydrogens (tertiary/aromatic N) is 1. The van der Waals surface area contributed by atoms with Crippen molar-refractivity contribution in [2.24, 2.45) is 5.92 Å². The molecule has 1 saturated heterocycles. The predicted octanol–water partition coefficient (Wildman–Crippen LogP) is 4.03. The van der Waals surface area contributed by atoms with Crippen molar-refractivity contribution in [3.05, 3.63) is 59.1 Å². The van der Waals surface area contributed by atoms with Crippen LogP contribution in [0, 0.1) is 5.92 Å². The molecule has 3 rings (SSSR count). The summed E-state index contributed by atoms with van der Waals surface area (Å²) in [5.74, 6) is -0.926. The number of carbonyl (C=O) groups is 2. The number of rotatable bonds is 6. The lowest BCUT2D eigenvalue weighted by atomic mass is 9.96. The zero-order valence-electron chi connectivity index (χ0n) is 16.5. The van der Waals surface area contributed by atoms with Gasteiger partial charge < -0.3 is 10.6 Å². The molecule has 0 aromatic heterocycles. The Morgan fingerprint density at radius 1 is 1.07 bits per heavy atom. The van der Waals surface area contributed by atoms with E-state index in [1.54, 1.807) is 36.0 Å². The van der Waals surface area contributed by atoms with Crippen LogP contribution in [0.4, 0.5) is 5.69 Å². The topological polar surface area (TPSA) is 61.4 Å². The summed E-state index contributed by atoms with van der Waals surface area (Å²) in [6.07, 6.45) is 4.12. The molecule has 0 bridgehead atoms. The molecule has 0 saturated carbocycles. The molecule has 0 atom stereocenters. The van der Waals surface area contributed by atoms with E-state index >= 15 is 0 Å². The second-order valence-electron chi connectivity index (χ2n) is 7.18. The second-order valence-corrected chi connectivity index (χ2v) is 8.43. The third-order valence-electron chi connectivity index (χ3n) is 5.17. The van der Waals surface area contributed by atoms with Gasteiger partial charge >= 0.3 is 11.8 Å². The number of hydrogen-bond acceptors (Lipinski definition) is 4. The lowest BCUT2D eigenvalue weighted by molar-refractivity contribution is -0.136. The van der Waals surface area contributed by atoms with Gasteiger partial charge in [-0.05, 0) is 61.9 Å². The number of anilines is 1. The summed E-state index contributed by atoms with van der Waals surface area (Å²) < 4.78 is 0. The molecule has 1 aliphatic heterocycles. The number of para-hydroxylation sites is 1. The molecule has 154 valence electrons. The van der Waals surface area contributed by atoms with Crippen LogP contribution in [-0.4, -0.2) is 42.6 Å². The molecular weight excluding hydrogens is 406 g/mol. The highest BCUT2D eigenvalue weighted by molar-refractivity contribution is 7.98. The van der Waals surface area contributed by atoms with Crippen molar-refractivity contribution in [2.45, 2.75) is 24.3 Å². The average molecular weight is 432 g/mol. The van der Waals surface area contributed by atoms with Crippen molar-refractivity contribution >= 4 is 40.9 Å². The molecule has 2 amide bonds. The molecule has 0 radical (unpaired) electrons. The highest BCUT2D eigenvalue weighted by Gasteiger charge is 2.22. The molecule has 29 heavy (non-hydrogen) atoms. The molecular formula is C22H26ClN3O2S. The quantitative estimate of drug-likeness (QED) is 0.535. The first-order chi connectivity index (χ1) is 14.1. The molecule has 0 aliphatic carbocycles. The van der Waals surface area contributed by atoms with E-state index in [1.807, 2.05) is 0 Å². The largest absolute Gasteiger partial charge is 0.348 e. The summed E-state index contributed by atoms with van der Waals surface area (Å²) >= 11 is 7.79. The zero-order valence-corrected chi connectivity index (χ0v) is 18.1. The lowest BCUT2D eigenvalue weighted by Gasteiger charge is -2.32. The first-order valence-corrected chi connectivity index (χ1v) is 11.3. The third kappa shape index (κ3) is 6.23. The number of halogens is 1. The van der Waals surface area contributed by atoms with Crippen molar-refractivity contribution in [2.75, 3.05) is 31.2 Å². The number of thioether (sulfide) groups is 1. The normalized spacial score (nSPS) is 15.1. The van der Waals surface area contributed by atoms with Gasteiger partial charge in [-0.3, -0.25) is 14.5 Å². The number of carbonyl (C=O) groups excluding carboxylic acids is 2.